The van der Waals surface area contributed by atoms with Crippen LogP contribution in [0.4, 0.5) is 0 Å². The Balaban J connectivity index is 3.27. The zero-order valence-electron chi connectivity index (χ0n) is 8.38. The summed E-state index contributed by atoms with van der Waals surface area (Å²) in [4.78, 5) is 0. The molecule has 13 heavy (non-hydrogen) atoms. The van der Waals surface area contributed by atoms with Crippen molar-refractivity contribution in [2.45, 2.75) is 6.92 Å². The first kappa shape index (κ1) is 9.71. The van der Waals surface area contributed by atoms with Gasteiger partial charge in [0.05, 0.1) is 21.3 Å². The van der Waals surface area contributed by atoms with Crippen molar-refractivity contribution in [3.8, 4) is 17.2 Å². The number of ether oxygens (including phenoxy) is 3. The van der Waals surface area contributed by atoms with Crippen molar-refractivity contribution in [1.29, 1.82) is 0 Å². The maximum absolute atomic E-state index is 5.20. The number of benzene rings is 1. The molecule has 3 heteroatoms. The van der Waals surface area contributed by atoms with Gasteiger partial charge in [-0.05, 0) is 18.6 Å². The third-order valence-corrected chi connectivity index (χ3v) is 1.90. The first-order valence-electron chi connectivity index (χ1n) is 4.00. The molecule has 1 aromatic carbocycles. The highest BCUT2D eigenvalue weighted by Crippen LogP contribution is 2.38. The Morgan fingerprint density at radius 3 is 1.92 bits per heavy atom. The topological polar surface area (TPSA) is 27.7 Å². The molecule has 3 nitrogen and oxygen atoms in total. The van der Waals surface area contributed by atoms with Crippen LogP contribution in [0.3, 0.4) is 0 Å². The largest absolute Gasteiger partial charge is 0.493 e. The van der Waals surface area contributed by atoms with Crippen LogP contribution in [0.25, 0.3) is 0 Å². The van der Waals surface area contributed by atoms with E-state index in [2.05, 4.69) is 0 Å². The summed E-state index contributed by atoms with van der Waals surface area (Å²) in [5.74, 6) is 2.05. The summed E-state index contributed by atoms with van der Waals surface area (Å²) in [6.45, 7) is 1.96. The summed E-state index contributed by atoms with van der Waals surface area (Å²) in [5, 5.41) is 0. The van der Waals surface area contributed by atoms with Crippen LogP contribution < -0.4 is 14.2 Å². The molecule has 1 rings (SSSR count). The molecule has 0 saturated heterocycles. The molecule has 0 heterocycles. The van der Waals surface area contributed by atoms with E-state index in [-0.39, 0.29) is 0 Å². The smallest absolute Gasteiger partial charge is 0.203 e. The first-order chi connectivity index (χ1) is 6.24. The number of methoxy groups -OCH3 is 3. The Morgan fingerprint density at radius 1 is 0.846 bits per heavy atom. The predicted octanol–water partition coefficient (Wildman–Crippen LogP) is 2.02. The standard InChI is InChI=1S/C10H14O3/c1-7-5-6-8(11-2)10(13-4)9(7)12-3/h5-6H,1-4H3. The number of hydrogen-bond donors (Lipinski definition) is 0. The number of rotatable bonds is 3. The Morgan fingerprint density at radius 2 is 1.46 bits per heavy atom. The zero-order chi connectivity index (χ0) is 9.84. The fourth-order valence-corrected chi connectivity index (χ4v) is 1.25. The van der Waals surface area contributed by atoms with Crippen molar-refractivity contribution < 1.29 is 14.2 Å². The maximum Gasteiger partial charge on any atom is 0.203 e. The molecule has 0 aromatic heterocycles. The van der Waals surface area contributed by atoms with E-state index >= 15 is 0 Å². The number of aryl methyl sites for hydroxylation is 1. The van der Waals surface area contributed by atoms with E-state index in [4.69, 9.17) is 14.2 Å². The average Bonchev–Trinajstić information content (AvgIpc) is 2.17. The number of hydrogen-bond acceptors (Lipinski definition) is 3. The molecule has 0 amide bonds. The highest BCUT2D eigenvalue weighted by Gasteiger charge is 2.12. The van der Waals surface area contributed by atoms with E-state index in [0.29, 0.717) is 11.5 Å². The van der Waals surface area contributed by atoms with Crippen LogP contribution in [0.1, 0.15) is 5.56 Å². The van der Waals surface area contributed by atoms with Crippen LogP contribution in [-0.2, 0) is 0 Å². The van der Waals surface area contributed by atoms with Gasteiger partial charge < -0.3 is 14.2 Å². The van der Waals surface area contributed by atoms with E-state index in [9.17, 15) is 0 Å². The molecular formula is C10H14O3. The minimum Gasteiger partial charge on any atom is -0.493 e. The van der Waals surface area contributed by atoms with Gasteiger partial charge in [-0.15, -0.1) is 0 Å². The molecule has 0 aliphatic rings. The van der Waals surface area contributed by atoms with E-state index in [0.717, 1.165) is 11.3 Å². The van der Waals surface area contributed by atoms with Crippen molar-refractivity contribution in [3.05, 3.63) is 17.7 Å². The van der Waals surface area contributed by atoms with Gasteiger partial charge in [-0.2, -0.15) is 0 Å². The second-order valence-corrected chi connectivity index (χ2v) is 2.65. The fraction of sp³-hybridized carbons (Fsp3) is 0.400. The van der Waals surface area contributed by atoms with Crippen molar-refractivity contribution >= 4 is 0 Å². The molecule has 72 valence electrons. The summed E-state index contributed by atoms with van der Waals surface area (Å²) >= 11 is 0. The van der Waals surface area contributed by atoms with Crippen LogP contribution in [0.5, 0.6) is 17.2 Å². The molecule has 0 radical (unpaired) electrons. The summed E-state index contributed by atoms with van der Waals surface area (Å²) in [6.07, 6.45) is 0. The monoisotopic (exact) mass is 182 g/mol. The molecule has 0 unspecified atom stereocenters. The van der Waals surface area contributed by atoms with Crippen molar-refractivity contribution in [2.75, 3.05) is 21.3 Å². The summed E-state index contributed by atoms with van der Waals surface area (Å²) in [7, 11) is 4.82. The molecule has 0 aliphatic carbocycles. The van der Waals surface area contributed by atoms with Crippen molar-refractivity contribution in [2.24, 2.45) is 0 Å². The minimum absolute atomic E-state index is 0.644. The highest BCUT2D eigenvalue weighted by atomic mass is 16.5. The van der Waals surface area contributed by atoms with Gasteiger partial charge in [-0.1, -0.05) is 6.07 Å². The molecule has 0 spiro atoms. The Hall–Kier alpha value is -1.38. The van der Waals surface area contributed by atoms with E-state index in [1.165, 1.54) is 0 Å². The summed E-state index contributed by atoms with van der Waals surface area (Å²) in [5.41, 5.74) is 1.03. The molecule has 0 saturated carbocycles. The van der Waals surface area contributed by atoms with E-state index < -0.39 is 0 Å². The molecule has 0 aliphatic heterocycles. The van der Waals surface area contributed by atoms with Gasteiger partial charge in [0.1, 0.15) is 0 Å². The Labute approximate surface area is 78.2 Å². The fourth-order valence-electron chi connectivity index (χ4n) is 1.25. The molecular weight excluding hydrogens is 168 g/mol. The van der Waals surface area contributed by atoms with E-state index in [1.54, 1.807) is 21.3 Å². The Bertz CT molecular complexity index is 294. The third-order valence-electron chi connectivity index (χ3n) is 1.90. The third kappa shape index (κ3) is 1.69. The van der Waals surface area contributed by atoms with Crippen LogP contribution in [-0.4, -0.2) is 21.3 Å². The zero-order valence-corrected chi connectivity index (χ0v) is 8.38. The quantitative estimate of drug-likeness (QED) is 0.715. The van der Waals surface area contributed by atoms with Crippen LogP contribution >= 0.6 is 0 Å². The second-order valence-electron chi connectivity index (χ2n) is 2.65. The van der Waals surface area contributed by atoms with Gasteiger partial charge in [-0.3, -0.25) is 0 Å². The van der Waals surface area contributed by atoms with Crippen molar-refractivity contribution in [3.63, 3.8) is 0 Å². The van der Waals surface area contributed by atoms with Gasteiger partial charge in [0.2, 0.25) is 5.75 Å². The maximum atomic E-state index is 5.20. The van der Waals surface area contributed by atoms with Crippen molar-refractivity contribution in [1.82, 2.24) is 0 Å². The second kappa shape index (κ2) is 4.03. The average molecular weight is 182 g/mol. The normalized spacial score (nSPS) is 9.54. The summed E-state index contributed by atoms with van der Waals surface area (Å²) < 4.78 is 15.5. The lowest BCUT2D eigenvalue weighted by Crippen LogP contribution is -1.96. The van der Waals surface area contributed by atoms with Crippen LogP contribution in [0.15, 0.2) is 12.1 Å². The lowest BCUT2D eigenvalue weighted by atomic mass is 10.2. The Kier molecular flexibility index (Phi) is 3.01. The SMILES string of the molecule is COc1ccc(C)c(OC)c1OC. The predicted molar refractivity (Wildman–Crippen MR) is 50.8 cm³/mol. The lowest BCUT2D eigenvalue weighted by Gasteiger charge is -2.13. The van der Waals surface area contributed by atoms with Gasteiger partial charge in [-0.25, -0.2) is 0 Å². The minimum atomic E-state index is 0.644. The van der Waals surface area contributed by atoms with Gasteiger partial charge in [0.25, 0.3) is 0 Å². The molecule has 0 atom stereocenters. The first-order valence-corrected chi connectivity index (χ1v) is 4.00. The van der Waals surface area contributed by atoms with E-state index in [1.807, 2.05) is 19.1 Å². The molecule has 1 aromatic rings. The van der Waals surface area contributed by atoms with Gasteiger partial charge in [0, 0.05) is 0 Å². The highest BCUT2D eigenvalue weighted by molar-refractivity contribution is 5.55. The summed E-state index contributed by atoms with van der Waals surface area (Å²) in [6, 6.07) is 3.79. The van der Waals surface area contributed by atoms with Gasteiger partial charge >= 0.3 is 0 Å². The lowest BCUT2D eigenvalue weighted by molar-refractivity contribution is 0.323. The van der Waals surface area contributed by atoms with Crippen LogP contribution in [0, 0.1) is 6.92 Å². The van der Waals surface area contributed by atoms with Crippen LogP contribution in [0.2, 0.25) is 0 Å². The van der Waals surface area contributed by atoms with Gasteiger partial charge in [0.15, 0.2) is 11.5 Å². The molecule has 0 fully saturated rings. The molecule has 0 N–H and O–H groups in total. The molecule has 0 bridgehead atoms.